The third kappa shape index (κ3) is 6.43. The Morgan fingerprint density at radius 1 is 1.36 bits per heavy atom. The predicted molar refractivity (Wildman–Crippen MR) is 88.2 cm³/mol. The Balaban J connectivity index is 2.40. The van der Waals surface area contributed by atoms with Crippen molar-refractivity contribution < 1.29 is 15.0 Å². The van der Waals surface area contributed by atoms with Crippen LogP contribution < -0.4 is 5.43 Å². The van der Waals surface area contributed by atoms with Gasteiger partial charge in [0.15, 0.2) is 0 Å². The second-order valence-corrected chi connectivity index (χ2v) is 5.65. The number of nitrogens with zero attached hydrogens (tertiary/aromatic N) is 1. The van der Waals surface area contributed by atoms with Gasteiger partial charge < -0.3 is 10.2 Å². The molecule has 0 fully saturated rings. The first-order valence-corrected chi connectivity index (χ1v) is 7.37. The van der Waals surface area contributed by atoms with Crippen molar-refractivity contribution in [2.45, 2.75) is 40.0 Å². The molecule has 0 heterocycles. The van der Waals surface area contributed by atoms with Crippen molar-refractivity contribution in [3.63, 3.8) is 0 Å². The van der Waals surface area contributed by atoms with Crippen molar-refractivity contribution >= 4 is 12.1 Å². The molecular weight excluding hydrogens is 280 g/mol. The summed E-state index contributed by atoms with van der Waals surface area (Å²) in [4.78, 5) is 11.8. The van der Waals surface area contributed by atoms with Crippen molar-refractivity contribution in [1.29, 1.82) is 0 Å². The molecule has 5 nitrogen and oxygen atoms in total. The molecule has 0 saturated carbocycles. The highest BCUT2D eigenvalue weighted by molar-refractivity contribution is 5.97. The molecule has 1 rings (SSSR count). The van der Waals surface area contributed by atoms with Gasteiger partial charge in [0.05, 0.1) is 5.56 Å². The van der Waals surface area contributed by atoms with Gasteiger partial charge in [0.1, 0.15) is 11.5 Å². The quantitative estimate of drug-likeness (QED) is 0.311. The molecule has 0 aliphatic rings. The summed E-state index contributed by atoms with van der Waals surface area (Å²) in [7, 11) is 0. The maximum atomic E-state index is 11.8. The number of nitrogens with one attached hydrogen (secondary N) is 1. The highest BCUT2D eigenvalue weighted by atomic mass is 16.3. The monoisotopic (exact) mass is 304 g/mol. The molecule has 1 aromatic carbocycles. The molecule has 1 aromatic rings. The van der Waals surface area contributed by atoms with E-state index in [1.807, 2.05) is 0 Å². The molecule has 0 saturated heterocycles. The third-order valence-electron chi connectivity index (χ3n) is 3.20. The number of hydrogen-bond donors (Lipinski definition) is 3. The molecule has 3 N–H and O–H groups in total. The van der Waals surface area contributed by atoms with E-state index in [1.54, 1.807) is 6.21 Å². The van der Waals surface area contributed by atoms with Crippen LogP contribution in [-0.2, 0) is 0 Å². The van der Waals surface area contributed by atoms with Gasteiger partial charge in [-0.05, 0) is 57.2 Å². The number of rotatable bonds is 7. The Morgan fingerprint density at radius 2 is 2.09 bits per heavy atom. The van der Waals surface area contributed by atoms with Crippen molar-refractivity contribution in [2.75, 3.05) is 0 Å². The van der Waals surface area contributed by atoms with Crippen molar-refractivity contribution in [2.24, 2.45) is 11.0 Å². The molecule has 120 valence electrons. The number of carbonyl (C=O) groups is 1. The number of amides is 1. The van der Waals surface area contributed by atoms with Crippen molar-refractivity contribution in [1.82, 2.24) is 5.43 Å². The van der Waals surface area contributed by atoms with Crippen LogP contribution in [0.3, 0.4) is 0 Å². The van der Waals surface area contributed by atoms with Crippen LogP contribution in [0.25, 0.3) is 0 Å². The molecule has 0 unspecified atom stereocenters. The number of allylic oxidation sites excluding steroid dienone is 2. The second-order valence-electron chi connectivity index (χ2n) is 5.65. The van der Waals surface area contributed by atoms with Gasteiger partial charge in [-0.3, -0.25) is 4.79 Å². The SMILES string of the molecule is CC(C)=CCC[C@@H](C)C/C=N\NC(=O)c1cc(O)ccc1O. The molecule has 0 spiro atoms. The minimum atomic E-state index is -0.554. The number of aromatic hydroxyl groups is 2. The van der Waals surface area contributed by atoms with Crippen LogP contribution in [0.1, 0.15) is 50.4 Å². The zero-order valence-corrected chi connectivity index (χ0v) is 13.3. The molecular formula is C17H24N2O3. The van der Waals surface area contributed by atoms with E-state index < -0.39 is 5.91 Å². The highest BCUT2D eigenvalue weighted by Crippen LogP contribution is 2.21. The smallest absolute Gasteiger partial charge is 0.275 e. The molecule has 1 atom stereocenters. The standard InChI is InChI=1S/C17H24N2O3/c1-12(2)5-4-6-13(3)9-10-18-19-17(22)15-11-14(20)7-8-16(15)21/h5,7-8,10-11,13,20-21H,4,6,9H2,1-3H3,(H,19,22)/b18-10-/t13-/m1/s1. The van der Waals surface area contributed by atoms with E-state index >= 15 is 0 Å². The van der Waals surface area contributed by atoms with Gasteiger partial charge in [-0.15, -0.1) is 0 Å². The fourth-order valence-corrected chi connectivity index (χ4v) is 1.88. The number of phenolic OH excluding ortho intramolecular Hbond substituents is 2. The molecule has 0 bridgehead atoms. The average Bonchev–Trinajstić information content (AvgIpc) is 2.45. The topological polar surface area (TPSA) is 81.9 Å². The van der Waals surface area contributed by atoms with Gasteiger partial charge >= 0.3 is 0 Å². The Morgan fingerprint density at radius 3 is 2.77 bits per heavy atom. The van der Waals surface area contributed by atoms with E-state index in [-0.39, 0.29) is 17.1 Å². The summed E-state index contributed by atoms with van der Waals surface area (Å²) in [5, 5.41) is 22.7. The van der Waals surface area contributed by atoms with Crippen LogP contribution in [-0.4, -0.2) is 22.3 Å². The zero-order valence-electron chi connectivity index (χ0n) is 13.3. The van der Waals surface area contributed by atoms with Crippen LogP contribution >= 0.6 is 0 Å². The lowest BCUT2D eigenvalue weighted by Crippen LogP contribution is -2.17. The fourth-order valence-electron chi connectivity index (χ4n) is 1.88. The lowest BCUT2D eigenvalue weighted by atomic mass is 10.0. The van der Waals surface area contributed by atoms with Crippen LogP contribution in [0.5, 0.6) is 11.5 Å². The van der Waals surface area contributed by atoms with E-state index in [2.05, 4.69) is 37.4 Å². The first-order chi connectivity index (χ1) is 10.4. The van der Waals surface area contributed by atoms with E-state index in [0.29, 0.717) is 5.92 Å². The molecule has 22 heavy (non-hydrogen) atoms. The second kappa shape index (κ2) is 8.87. The summed E-state index contributed by atoms with van der Waals surface area (Å²) in [6.07, 6.45) is 6.74. The summed E-state index contributed by atoms with van der Waals surface area (Å²) in [6.45, 7) is 6.30. The predicted octanol–water partition coefficient (Wildman–Crippen LogP) is 3.59. The molecule has 5 heteroatoms. The minimum absolute atomic E-state index is 0.00578. The number of benzene rings is 1. The molecule has 0 aliphatic heterocycles. The first-order valence-electron chi connectivity index (χ1n) is 7.37. The van der Waals surface area contributed by atoms with Gasteiger partial charge in [0.2, 0.25) is 0 Å². The Kier molecular flexibility index (Phi) is 7.16. The van der Waals surface area contributed by atoms with Crippen LogP contribution in [0.15, 0.2) is 34.9 Å². The zero-order chi connectivity index (χ0) is 16.5. The van der Waals surface area contributed by atoms with E-state index in [9.17, 15) is 15.0 Å². The third-order valence-corrected chi connectivity index (χ3v) is 3.20. The van der Waals surface area contributed by atoms with Crippen LogP contribution in [0, 0.1) is 5.92 Å². The normalized spacial score (nSPS) is 12.1. The van der Waals surface area contributed by atoms with E-state index in [0.717, 1.165) is 19.3 Å². The summed E-state index contributed by atoms with van der Waals surface area (Å²) >= 11 is 0. The molecule has 0 aliphatic carbocycles. The number of carbonyl (C=O) groups excluding carboxylic acids is 1. The van der Waals surface area contributed by atoms with Crippen molar-refractivity contribution in [3.8, 4) is 11.5 Å². The van der Waals surface area contributed by atoms with Crippen LogP contribution in [0.4, 0.5) is 0 Å². The minimum Gasteiger partial charge on any atom is -0.508 e. The average molecular weight is 304 g/mol. The van der Waals surface area contributed by atoms with Crippen LogP contribution in [0.2, 0.25) is 0 Å². The Hall–Kier alpha value is -2.30. The molecule has 0 radical (unpaired) electrons. The summed E-state index contributed by atoms with van der Waals surface area (Å²) < 4.78 is 0. The van der Waals surface area contributed by atoms with E-state index in [1.165, 1.54) is 23.8 Å². The summed E-state index contributed by atoms with van der Waals surface area (Å²) in [5.41, 5.74) is 3.66. The number of hydrazone groups is 1. The highest BCUT2D eigenvalue weighted by Gasteiger charge is 2.10. The summed E-state index contributed by atoms with van der Waals surface area (Å²) in [6, 6.07) is 3.77. The largest absolute Gasteiger partial charge is 0.508 e. The van der Waals surface area contributed by atoms with Gasteiger partial charge in [0.25, 0.3) is 5.91 Å². The van der Waals surface area contributed by atoms with Gasteiger partial charge in [-0.2, -0.15) is 5.10 Å². The Labute approximate surface area is 131 Å². The lowest BCUT2D eigenvalue weighted by Gasteiger charge is -2.06. The van der Waals surface area contributed by atoms with Gasteiger partial charge in [-0.25, -0.2) is 5.43 Å². The van der Waals surface area contributed by atoms with Crippen molar-refractivity contribution in [3.05, 3.63) is 35.4 Å². The molecule has 0 aromatic heterocycles. The number of hydrogen-bond acceptors (Lipinski definition) is 4. The fraction of sp³-hybridized carbons (Fsp3) is 0.412. The van der Waals surface area contributed by atoms with Gasteiger partial charge in [0, 0.05) is 6.21 Å². The Bertz CT molecular complexity index is 561. The van der Waals surface area contributed by atoms with Gasteiger partial charge in [-0.1, -0.05) is 18.6 Å². The van der Waals surface area contributed by atoms with E-state index in [4.69, 9.17) is 0 Å². The maximum absolute atomic E-state index is 11.8. The maximum Gasteiger partial charge on any atom is 0.275 e. The molecule has 1 amide bonds. The first kappa shape index (κ1) is 17.8. The summed E-state index contributed by atoms with van der Waals surface area (Å²) in [5.74, 6) is -0.354. The lowest BCUT2D eigenvalue weighted by molar-refractivity contribution is 0.0952. The number of phenols is 2.